The third-order valence-electron chi connectivity index (χ3n) is 3.15. The van der Waals surface area contributed by atoms with Crippen LogP contribution in [-0.4, -0.2) is 12.0 Å². The highest BCUT2D eigenvalue weighted by atomic mass is 19.1. The summed E-state index contributed by atoms with van der Waals surface area (Å²) in [4.78, 5) is 12.0. The van der Waals surface area contributed by atoms with Gasteiger partial charge in [0, 0.05) is 5.56 Å². The van der Waals surface area contributed by atoms with Crippen LogP contribution in [0.2, 0.25) is 0 Å². The van der Waals surface area contributed by atoms with E-state index in [-0.39, 0.29) is 17.7 Å². The van der Waals surface area contributed by atoms with Gasteiger partial charge in [-0.2, -0.15) is 0 Å². The van der Waals surface area contributed by atoms with Crippen molar-refractivity contribution in [2.24, 2.45) is 0 Å². The van der Waals surface area contributed by atoms with Crippen LogP contribution in [0.5, 0.6) is 5.75 Å². The first kappa shape index (κ1) is 15.0. The van der Waals surface area contributed by atoms with E-state index in [2.05, 4.69) is 5.32 Å². The molecule has 0 aromatic heterocycles. The second-order valence-corrected chi connectivity index (χ2v) is 4.80. The second-order valence-electron chi connectivity index (χ2n) is 4.80. The number of anilines is 1. The first-order valence-corrected chi connectivity index (χ1v) is 6.92. The standard InChI is InChI=1S/C17H18FNO2/c1-3-12(2)21-14-10-8-13(9-11-14)17(20)19-16-7-5-4-6-15(16)18/h4-12H,3H2,1-2H3,(H,19,20)/t12-/m1/s1. The number of ether oxygens (including phenoxy) is 1. The Labute approximate surface area is 123 Å². The zero-order chi connectivity index (χ0) is 15.2. The number of benzene rings is 2. The summed E-state index contributed by atoms with van der Waals surface area (Å²) in [7, 11) is 0. The molecular weight excluding hydrogens is 269 g/mol. The van der Waals surface area contributed by atoms with Gasteiger partial charge in [0.1, 0.15) is 11.6 Å². The number of hydrogen-bond donors (Lipinski definition) is 1. The molecule has 0 aliphatic rings. The number of hydrogen-bond acceptors (Lipinski definition) is 2. The van der Waals surface area contributed by atoms with Crippen LogP contribution in [0.1, 0.15) is 30.6 Å². The summed E-state index contributed by atoms with van der Waals surface area (Å²) in [5, 5.41) is 2.54. The highest BCUT2D eigenvalue weighted by Gasteiger charge is 2.09. The summed E-state index contributed by atoms with van der Waals surface area (Å²) in [5.74, 6) is -0.0930. The van der Waals surface area contributed by atoms with Crippen LogP contribution in [0.25, 0.3) is 0 Å². The topological polar surface area (TPSA) is 38.3 Å². The molecule has 0 bridgehead atoms. The van der Waals surface area contributed by atoms with Crippen molar-refractivity contribution < 1.29 is 13.9 Å². The normalized spacial score (nSPS) is 11.8. The molecule has 0 unspecified atom stereocenters. The molecule has 0 aliphatic heterocycles. The number of para-hydroxylation sites is 1. The number of halogens is 1. The van der Waals surface area contributed by atoms with Gasteiger partial charge in [-0.05, 0) is 49.7 Å². The molecule has 0 heterocycles. The van der Waals surface area contributed by atoms with Crippen molar-refractivity contribution in [1.29, 1.82) is 0 Å². The van der Waals surface area contributed by atoms with E-state index in [1.165, 1.54) is 12.1 Å². The smallest absolute Gasteiger partial charge is 0.255 e. The fourth-order valence-corrected chi connectivity index (χ4v) is 1.76. The van der Waals surface area contributed by atoms with Crippen LogP contribution in [0.15, 0.2) is 48.5 Å². The molecule has 21 heavy (non-hydrogen) atoms. The van der Waals surface area contributed by atoms with Gasteiger partial charge < -0.3 is 10.1 Å². The SMILES string of the molecule is CC[C@@H](C)Oc1ccc(C(=O)Nc2ccccc2F)cc1. The maximum absolute atomic E-state index is 13.5. The third kappa shape index (κ3) is 4.05. The lowest BCUT2D eigenvalue weighted by molar-refractivity contribution is 0.102. The third-order valence-corrected chi connectivity index (χ3v) is 3.15. The van der Waals surface area contributed by atoms with E-state index in [0.717, 1.165) is 6.42 Å². The van der Waals surface area contributed by atoms with Crippen molar-refractivity contribution in [3.8, 4) is 5.75 Å². The van der Waals surface area contributed by atoms with E-state index in [1.807, 2.05) is 13.8 Å². The van der Waals surface area contributed by atoms with Gasteiger partial charge in [0.15, 0.2) is 0 Å². The molecule has 0 radical (unpaired) electrons. The molecule has 2 aromatic carbocycles. The van der Waals surface area contributed by atoms with E-state index in [0.29, 0.717) is 11.3 Å². The average Bonchev–Trinajstić information content (AvgIpc) is 2.50. The minimum absolute atomic E-state index is 0.128. The van der Waals surface area contributed by atoms with Crippen LogP contribution < -0.4 is 10.1 Å². The van der Waals surface area contributed by atoms with Crippen LogP contribution in [0.3, 0.4) is 0 Å². The van der Waals surface area contributed by atoms with E-state index in [4.69, 9.17) is 4.74 Å². The Kier molecular flexibility index (Phi) is 4.93. The predicted molar refractivity (Wildman–Crippen MR) is 81.2 cm³/mol. The molecule has 0 fully saturated rings. The van der Waals surface area contributed by atoms with Crippen LogP contribution >= 0.6 is 0 Å². The highest BCUT2D eigenvalue weighted by molar-refractivity contribution is 6.04. The summed E-state index contributed by atoms with van der Waals surface area (Å²) in [5.41, 5.74) is 0.622. The summed E-state index contributed by atoms with van der Waals surface area (Å²) >= 11 is 0. The summed E-state index contributed by atoms with van der Waals surface area (Å²) in [6.07, 6.45) is 1.04. The van der Waals surface area contributed by atoms with E-state index >= 15 is 0 Å². The molecule has 1 atom stereocenters. The predicted octanol–water partition coefficient (Wildman–Crippen LogP) is 4.26. The molecule has 0 saturated heterocycles. The summed E-state index contributed by atoms with van der Waals surface area (Å²) < 4.78 is 19.1. The molecule has 2 rings (SSSR count). The molecule has 3 nitrogen and oxygen atoms in total. The van der Waals surface area contributed by atoms with Gasteiger partial charge in [0.05, 0.1) is 11.8 Å². The molecule has 4 heteroatoms. The zero-order valence-corrected chi connectivity index (χ0v) is 12.1. The van der Waals surface area contributed by atoms with Gasteiger partial charge >= 0.3 is 0 Å². The lowest BCUT2D eigenvalue weighted by atomic mass is 10.2. The van der Waals surface area contributed by atoms with Crippen molar-refractivity contribution >= 4 is 11.6 Å². The monoisotopic (exact) mass is 287 g/mol. The first-order chi connectivity index (χ1) is 10.1. The largest absolute Gasteiger partial charge is 0.491 e. The lowest BCUT2D eigenvalue weighted by Gasteiger charge is -2.12. The Morgan fingerprint density at radius 3 is 2.48 bits per heavy atom. The van der Waals surface area contributed by atoms with Gasteiger partial charge in [-0.25, -0.2) is 4.39 Å². The maximum atomic E-state index is 13.5. The highest BCUT2D eigenvalue weighted by Crippen LogP contribution is 2.17. The average molecular weight is 287 g/mol. The van der Waals surface area contributed by atoms with Gasteiger partial charge in [0.25, 0.3) is 5.91 Å². The van der Waals surface area contributed by atoms with Crippen LogP contribution in [0.4, 0.5) is 10.1 Å². The van der Waals surface area contributed by atoms with Crippen molar-refractivity contribution in [3.63, 3.8) is 0 Å². The number of amides is 1. The Morgan fingerprint density at radius 2 is 1.86 bits per heavy atom. The maximum Gasteiger partial charge on any atom is 0.255 e. The fourth-order valence-electron chi connectivity index (χ4n) is 1.76. The van der Waals surface area contributed by atoms with Crippen molar-refractivity contribution in [1.82, 2.24) is 0 Å². The Bertz CT molecular complexity index is 610. The van der Waals surface area contributed by atoms with E-state index in [1.54, 1.807) is 36.4 Å². The molecule has 2 aromatic rings. The Hall–Kier alpha value is -2.36. The van der Waals surface area contributed by atoms with Gasteiger partial charge in [-0.1, -0.05) is 19.1 Å². The molecule has 0 spiro atoms. The van der Waals surface area contributed by atoms with Gasteiger partial charge in [-0.3, -0.25) is 4.79 Å². The number of rotatable bonds is 5. The molecule has 1 amide bonds. The second kappa shape index (κ2) is 6.88. The van der Waals surface area contributed by atoms with Crippen LogP contribution in [-0.2, 0) is 0 Å². The van der Waals surface area contributed by atoms with E-state index in [9.17, 15) is 9.18 Å². The quantitative estimate of drug-likeness (QED) is 0.892. The van der Waals surface area contributed by atoms with Crippen molar-refractivity contribution in [2.75, 3.05) is 5.32 Å². The molecule has 0 aliphatic carbocycles. The number of carbonyl (C=O) groups is 1. The van der Waals surface area contributed by atoms with Gasteiger partial charge in [0.2, 0.25) is 0 Å². The van der Waals surface area contributed by atoms with Crippen molar-refractivity contribution in [3.05, 3.63) is 59.9 Å². The Balaban J connectivity index is 2.05. The summed E-state index contributed by atoms with van der Waals surface area (Å²) in [6, 6.07) is 12.9. The minimum atomic E-state index is -0.456. The minimum Gasteiger partial charge on any atom is -0.491 e. The molecular formula is C17H18FNO2. The van der Waals surface area contributed by atoms with E-state index < -0.39 is 5.82 Å². The van der Waals surface area contributed by atoms with Gasteiger partial charge in [-0.15, -0.1) is 0 Å². The zero-order valence-electron chi connectivity index (χ0n) is 12.1. The fraction of sp³-hybridized carbons (Fsp3) is 0.235. The molecule has 1 N–H and O–H groups in total. The Morgan fingerprint density at radius 1 is 1.19 bits per heavy atom. The molecule has 0 saturated carbocycles. The lowest BCUT2D eigenvalue weighted by Crippen LogP contribution is -2.13. The first-order valence-electron chi connectivity index (χ1n) is 6.92. The van der Waals surface area contributed by atoms with Crippen molar-refractivity contribution in [2.45, 2.75) is 26.4 Å². The molecule has 110 valence electrons. The summed E-state index contributed by atoms with van der Waals surface area (Å²) in [6.45, 7) is 4.03. The number of carbonyl (C=O) groups excluding carboxylic acids is 1. The number of nitrogens with one attached hydrogen (secondary N) is 1. The van der Waals surface area contributed by atoms with Crippen LogP contribution in [0, 0.1) is 5.82 Å².